The molecule has 1 aliphatic rings. The summed E-state index contributed by atoms with van der Waals surface area (Å²) < 4.78 is 5.14. The Kier molecular flexibility index (Phi) is 6.75. The molecule has 0 saturated carbocycles. The van der Waals surface area contributed by atoms with Crippen LogP contribution in [0.15, 0.2) is 0 Å². The molecule has 0 bridgehead atoms. The summed E-state index contributed by atoms with van der Waals surface area (Å²) in [6.45, 7) is 10.3. The van der Waals surface area contributed by atoms with Crippen molar-refractivity contribution in [1.82, 2.24) is 9.80 Å². The fourth-order valence-electron chi connectivity index (χ4n) is 2.48. The number of nitrogens with two attached hydrogens (primary N) is 1. The van der Waals surface area contributed by atoms with Crippen LogP contribution >= 0.6 is 0 Å². The number of carbonyl (C=O) groups is 1. The first-order valence-corrected chi connectivity index (χ1v) is 7.28. The minimum absolute atomic E-state index is 0.0971. The lowest BCUT2D eigenvalue weighted by molar-refractivity contribution is -0.136. The van der Waals surface area contributed by atoms with Crippen LogP contribution in [0.25, 0.3) is 0 Å². The summed E-state index contributed by atoms with van der Waals surface area (Å²) in [5, 5.41) is 0. The SMILES string of the molecule is CCC1CN(C(=O)[C@@H](N)C(C)C)CCN1CCOC. The summed E-state index contributed by atoms with van der Waals surface area (Å²) in [5.74, 6) is 0.291. The molecule has 0 aromatic rings. The second-order valence-electron chi connectivity index (χ2n) is 5.64. The van der Waals surface area contributed by atoms with Gasteiger partial charge in [0, 0.05) is 39.3 Å². The fraction of sp³-hybridized carbons (Fsp3) is 0.929. The monoisotopic (exact) mass is 271 g/mol. The lowest BCUT2D eigenvalue weighted by Crippen LogP contribution is -2.58. The molecule has 0 aliphatic carbocycles. The minimum Gasteiger partial charge on any atom is -0.383 e. The molecule has 1 saturated heterocycles. The number of rotatable bonds is 6. The molecule has 0 aromatic heterocycles. The van der Waals surface area contributed by atoms with Gasteiger partial charge in [-0.25, -0.2) is 0 Å². The molecule has 1 fully saturated rings. The van der Waals surface area contributed by atoms with E-state index in [0.29, 0.717) is 6.04 Å². The van der Waals surface area contributed by atoms with Crippen LogP contribution in [0.3, 0.4) is 0 Å². The van der Waals surface area contributed by atoms with Crippen LogP contribution in [0.4, 0.5) is 0 Å². The summed E-state index contributed by atoms with van der Waals surface area (Å²) in [4.78, 5) is 16.6. The van der Waals surface area contributed by atoms with Crippen LogP contribution in [0, 0.1) is 5.92 Å². The van der Waals surface area contributed by atoms with Crippen LogP contribution in [0.1, 0.15) is 27.2 Å². The Morgan fingerprint density at radius 3 is 2.63 bits per heavy atom. The number of nitrogens with zero attached hydrogens (tertiary/aromatic N) is 2. The van der Waals surface area contributed by atoms with Crippen molar-refractivity contribution < 1.29 is 9.53 Å². The van der Waals surface area contributed by atoms with Crippen LogP contribution in [-0.4, -0.2) is 67.7 Å². The Hall–Kier alpha value is -0.650. The molecule has 5 heteroatoms. The van der Waals surface area contributed by atoms with Crippen molar-refractivity contribution in [3.8, 4) is 0 Å². The molecule has 112 valence electrons. The van der Waals surface area contributed by atoms with Crippen LogP contribution in [0.2, 0.25) is 0 Å². The molecule has 1 unspecified atom stereocenters. The second-order valence-corrected chi connectivity index (χ2v) is 5.64. The smallest absolute Gasteiger partial charge is 0.239 e. The lowest BCUT2D eigenvalue weighted by atomic mass is 10.0. The molecule has 0 spiro atoms. The highest BCUT2D eigenvalue weighted by Gasteiger charge is 2.31. The molecular weight excluding hydrogens is 242 g/mol. The molecule has 0 aromatic carbocycles. The van der Waals surface area contributed by atoms with E-state index in [-0.39, 0.29) is 17.9 Å². The van der Waals surface area contributed by atoms with Crippen LogP contribution < -0.4 is 5.73 Å². The number of piperazine rings is 1. The quantitative estimate of drug-likeness (QED) is 0.766. The van der Waals surface area contributed by atoms with Gasteiger partial charge in [-0.15, -0.1) is 0 Å². The minimum atomic E-state index is -0.372. The third kappa shape index (κ3) is 4.44. The van der Waals surface area contributed by atoms with E-state index in [1.807, 2.05) is 18.7 Å². The van der Waals surface area contributed by atoms with Crippen molar-refractivity contribution in [2.24, 2.45) is 11.7 Å². The normalized spacial score (nSPS) is 22.8. The standard InChI is InChI=1S/C14H29N3O2/c1-5-12-10-17(14(18)13(15)11(2)3)7-6-16(12)8-9-19-4/h11-13H,5-10,15H2,1-4H3/t12?,13-/m0/s1. The third-order valence-corrected chi connectivity index (χ3v) is 3.97. The Balaban J connectivity index is 2.56. The van der Waals surface area contributed by atoms with Crippen molar-refractivity contribution in [2.75, 3.05) is 39.9 Å². The lowest BCUT2D eigenvalue weighted by Gasteiger charge is -2.42. The maximum Gasteiger partial charge on any atom is 0.239 e. The van der Waals surface area contributed by atoms with Crippen LogP contribution in [0.5, 0.6) is 0 Å². The van der Waals surface area contributed by atoms with Gasteiger partial charge in [0.05, 0.1) is 12.6 Å². The van der Waals surface area contributed by atoms with Gasteiger partial charge in [0.15, 0.2) is 0 Å². The molecule has 1 aliphatic heterocycles. The predicted octanol–water partition coefficient (Wildman–Crippen LogP) is 0.539. The zero-order valence-electron chi connectivity index (χ0n) is 12.8. The average Bonchev–Trinajstić information content (AvgIpc) is 2.43. The first kappa shape index (κ1) is 16.4. The van der Waals surface area contributed by atoms with Gasteiger partial charge in [0.1, 0.15) is 0 Å². The van der Waals surface area contributed by atoms with E-state index in [4.69, 9.17) is 10.5 Å². The average molecular weight is 271 g/mol. The number of hydrogen-bond donors (Lipinski definition) is 1. The van der Waals surface area contributed by atoms with Gasteiger partial charge < -0.3 is 15.4 Å². The zero-order valence-corrected chi connectivity index (χ0v) is 12.8. The summed E-state index contributed by atoms with van der Waals surface area (Å²) in [6, 6.07) is 0.0512. The van der Waals surface area contributed by atoms with Gasteiger partial charge in [-0.3, -0.25) is 9.69 Å². The van der Waals surface area contributed by atoms with Gasteiger partial charge in [0.2, 0.25) is 5.91 Å². The largest absolute Gasteiger partial charge is 0.383 e. The Labute approximate surface area is 117 Å². The summed E-state index contributed by atoms with van der Waals surface area (Å²) in [5.41, 5.74) is 5.97. The zero-order chi connectivity index (χ0) is 14.4. The summed E-state index contributed by atoms with van der Waals surface area (Å²) in [6.07, 6.45) is 1.05. The number of carbonyl (C=O) groups excluding carboxylic acids is 1. The number of hydrogen-bond acceptors (Lipinski definition) is 4. The highest BCUT2D eigenvalue weighted by Crippen LogP contribution is 2.14. The predicted molar refractivity (Wildman–Crippen MR) is 76.9 cm³/mol. The molecule has 2 N–H and O–H groups in total. The number of methoxy groups -OCH3 is 1. The maximum atomic E-state index is 12.3. The third-order valence-electron chi connectivity index (χ3n) is 3.97. The van der Waals surface area contributed by atoms with Crippen molar-refractivity contribution >= 4 is 5.91 Å². The van der Waals surface area contributed by atoms with E-state index in [2.05, 4.69) is 11.8 Å². The van der Waals surface area contributed by atoms with Crippen molar-refractivity contribution in [3.05, 3.63) is 0 Å². The van der Waals surface area contributed by atoms with Crippen molar-refractivity contribution in [1.29, 1.82) is 0 Å². The molecule has 0 radical (unpaired) electrons. The van der Waals surface area contributed by atoms with E-state index in [9.17, 15) is 4.79 Å². The van der Waals surface area contributed by atoms with E-state index in [0.717, 1.165) is 39.2 Å². The van der Waals surface area contributed by atoms with E-state index in [1.54, 1.807) is 7.11 Å². The molecule has 5 nitrogen and oxygen atoms in total. The Bertz CT molecular complexity index is 284. The van der Waals surface area contributed by atoms with Crippen LogP contribution in [-0.2, 0) is 9.53 Å². The Morgan fingerprint density at radius 2 is 2.11 bits per heavy atom. The molecule has 1 heterocycles. The number of ether oxygens (including phenoxy) is 1. The van der Waals surface area contributed by atoms with E-state index in [1.165, 1.54) is 0 Å². The molecule has 2 atom stereocenters. The molecule has 1 amide bonds. The van der Waals surface area contributed by atoms with Crippen molar-refractivity contribution in [2.45, 2.75) is 39.3 Å². The molecule has 19 heavy (non-hydrogen) atoms. The fourth-order valence-corrected chi connectivity index (χ4v) is 2.48. The topological polar surface area (TPSA) is 58.8 Å². The Morgan fingerprint density at radius 1 is 1.42 bits per heavy atom. The van der Waals surface area contributed by atoms with Gasteiger partial charge in [-0.1, -0.05) is 20.8 Å². The van der Waals surface area contributed by atoms with Gasteiger partial charge in [0.25, 0.3) is 0 Å². The van der Waals surface area contributed by atoms with Crippen molar-refractivity contribution in [3.63, 3.8) is 0 Å². The summed E-state index contributed by atoms with van der Waals surface area (Å²) in [7, 11) is 1.72. The number of amides is 1. The van der Waals surface area contributed by atoms with Gasteiger partial charge in [-0.05, 0) is 12.3 Å². The van der Waals surface area contributed by atoms with E-state index >= 15 is 0 Å². The molecule has 1 rings (SSSR count). The first-order chi connectivity index (χ1) is 9.01. The summed E-state index contributed by atoms with van der Waals surface area (Å²) >= 11 is 0. The molecular formula is C14H29N3O2. The van der Waals surface area contributed by atoms with Gasteiger partial charge in [-0.2, -0.15) is 0 Å². The highest BCUT2D eigenvalue weighted by atomic mass is 16.5. The second kappa shape index (κ2) is 7.82. The van der Waals surface area contributed by atoms with Gasteiger partial charge >= 0.3 is 0 Å². The highest BCUT2D eigenvalue weighted by molar-refractivity contribution is 5.82. The first-order valence-electron chi connectivity index (χ1n) is 7.28. The maximum absolute atomic E-state index is 12.3. The van der Waals surface area contributed by atoms with E-state index < -0.39 is 0 Å².